The fraction of sp³-hybridized carbons (Fsp3) is 0.381. The van der Waals surface area contributed by atoms with Gasteiger partial charge in [-0.1, -0.05) is 18.2 Å². The quantitative estimate of drug-likeness (QED) is 0.718. The summed E-state index contributed by atoms with van der Waals surface area (Å²) in [7, 11) is -6.46. The van der Waals surface area contributed by atoms with Gasteiger partial charge in [-0.2, -0.15) is 0 Å². The molecule has 168 valence electrons. The Bertz CT molecular complexity index is 1200. The lowest BCUT2D eigenvalue weighted by Crippen LogP contribution is -2.32. The van der Waals surface area contributed by atoms with Gasteiger partial charge in [0.1, 0.15) is 16.6 Å². The third kappa shape index (κ3) is 4.69. The minimum absolute atomic E-state index is 0.0249. The van der Waals surface area contributed by atoms with Gasteiger partial charge in [0.15, 0.2) is 19.7 Å². The zero-order chi connectivity index (χ0) is 23.0. The first-order valence-electron chi connectivity index (χ1n) is 9.55. The van der Waals surface area contributed by atoms with E-state index in [1.54, 1.807) is 39.0 Å². The highest BCUT2D eigenvalue weighted by Crippen LogP contribution is 2.45. The van der Waals surface area contributed by atoms with E-state index in [0.29, 0.717) is 0 Å². The maximum absolute atomic E-state index is 13.3. The summed E-state index contributed by atoms with van der Waals surface area (Å²) >= 11 is 0. The van der Waals surface area contributed by atoms with Crippen molar-refractivity contribution >= 4 is 25.8 Å². The first kappa shape index (κ1) is 23.1. The Morgan fingerprint density at radius 2 is 1.77 bits per heavy atom. The van der Waals surface area contributed by atoms with E-state index in [1.165, 1.54) is 31.4 Å². The second-order valence-electron chi connectivity index (χ2n) is 8.14. The van der Waals surface area contributed by atoms with Gasteiger partial charge in [-0.15, -0.1) is 0 Å². The second-order valence-corrected chi connectivity index (χ2v) is 12.3. The molecule has 31 heavy (non-hydrogen) atoms. The largest absolute Gasteiger partial charge is 0.496 e. The van der Waals surface area contributed by atoms with Crippen molar-refractivity contribution in [2.75, 3.05) is 12.9 Å². The predicted molar refractivity (Wildman–Crippen MR) is 114 cm³/mol. The Kier molecular flexibility index (Phi) is 6.07. The van der Waals surface area contributed by atoms with Crippen molar-refractivity contribution in [1.82, 2.24) is 5.32 Å². The zero-order valence-corrected chi connectivity index (χ0v) is 19.3. The van der Waals surface area contributed by atoms with Crippen molar-refractivity contribution in [3.8, 4) is 5.75 Å². The third-order valence-corrected chi connectivity index (χ3v) is 8.87. The Balaban J connectivity index is 2.10. The van der Waals surface area contributed by atoms with Gasteiger partial charge in [0.25, 0.3) is 0 Å². The van der Waals surface area contributed by atoms with Crippen molar-refractivity contribution < 1.29 is 31.1 Å². The molecule has 1 N–H and O–H groups in total. The van der Waals surface area contributed by atoms with Crippen molar-refractivity contribution in [3.63, 3.8) is 0 Å². The molecule has 0 radical (unpaired) electrons. The van der Waals surface area contributed by atoms with Crippen LogP contribution < -0.4 is 10.1 Å². The van der Waals surface area contributed by atoms with Crippen LogP contribution in [0.1, 0.15) is 37.1 Å². The van der Waals surface area contributed by atoms with Gasteiger partial charge in [0, 0.05) is 5.56 Å². The van der Waals surface area contributed by atoms with Gasteiger partial charge in [-0.25, -0.2) is 21.6 Å². The van der Waals surface area contributed by atoms with Crippen LogP contribution in [0.5, 0.6) is 5.75 Å². The molecule has 0 saturated carbocycles. The first-order chi connectivity index (χ1) is 14.4. The summed E-state index contributed by atoms with van der Waals surface area (Å²) in [5.41, 5.74) is -0.314. The van der Waals surface area contributed by atoms with Crippen LogP contribution >= 0.6 is 0 Å². The summed E-state index contributed by atoms with van der Waals surface area (Å²) < 4.78 is 62.9. The van der Waals surface area contributed by atoms with Crippen LogP contribution in [0.4, 0.5) is 4.79 Å². The number of carbonyl (C=O) groups is 1. The smallest absolute Gasteiger partial charge is 0.407 e. The number of nitrogens with one attached hydrogen (secondary N) is 1. The Labute approximate surface area is 182 Å². The van der Waals surface area contributed by atoms with Gasteiger partial charge in [-0.3, -0.25) is 0 Å². The minimum atomic E-state index is -4.02. The molecule has 1 aliphatic heterocycles. The van der Waals surface area contributed by atoms with Crippen LogP contribution in [0.25, 0.3) is 0 Å². The molecule has 1 aliphatic rings. The van der Waals surface area contributed by atoms with E-state index in [2.05, 4.69) is 5.32 Å². The highest BCUT2D eigenvalue weighted by Gasteiger charge is 2.45. The molecule has 0 bridgehead atoms. The number of hydrogen-bond acceptors (Lipinski definition) is 7. The average molecular weight is 468 g/mol. The maximum Gasteiger partial charge on any atom is 0.407 e. The van der Waals surface area contributed by atoms with Crippen LogP contribution in [0.3, 0.4) is 0 Å². The Hall–Kier alpha value is -2.59. The first-order valence-corrected chi connectivity index (χ1v) is 12.7. The minimum Gasteiger partial charge on any atom is -0.496 e. The molecular weight excluding hydrogens is 442 g/mol. The number of alkyl carbamates (subject to hydrolysis) is 1. The lowest BCUT2D eigenvalue weighted by Gasteiger charge is -2.21. The van der Waals surface area contributed by atoms with Gasteiger partial charge in [-0.05, 0) is 50.6 Å². The van der Waals surface area contributed by atoms with Crippen LogP contribution in [0.15, 0.2) is 52.3 Å². The second kappa shape index (κ2) is 8.16. The number of fused-ring (bicyclic) bond motifs is 1. The van der Waals surface area contributed by atoms with Crippen molar-refractivity contribution in [3.05, 3.63) is 53.6 Å². The van der Waals surface area contributed by atoms with Gasteiger partial charge < -0.3 is 14.8 Å². The molecule has 1 atom stereocenters. The normalized spacial score (nSPS) is 17.6. The predicted octanol–water partition coefficient (Wildman–Crippen LogP) is 3.02. The molecule has 10 heteroatoms. The van der Waals surface area contributed by atoms with E-state index >= 15 is 0 Å². The Morgan fingerprint density at radius 1 is 1.13 bits per heavy atom. The number of carbonyl (C=O) groups excluding carboxylic acids is 1. The summed E-state index contributed by atoms with van der Waals surface area (Å²) in [6, 6.07) is 10.5. The van der Waals surface area contributed by atoms with Gasteiger partial charge in [0.2, 0.25) is 0 Å². The number of methoxy groups -OCH3 is 1. The van der Waals surface area contributed by atoms with E-state index in [9.17, 15) is 21.6 Å². The number of benzene rings is 2. The van der Waals surface area contributed by atoms with E-state index in [0.717, 1.165) is 0 Å². The fourth-order valence-corrected chi connectivity index (χ4v) is 7.88. The Morgan fingerprint density at radius 3 is 2.35 bits per heavy atom. The average Bonchev–Trinajstić information content (AvgIpc) is 2.97. The zero-order valence-electron chi connectivity index (χ0n) is 17.7. The number of ether oxygens (including phenoxy) is 2. The van der Waals surface area contributed by atoms with Crippen LogP contribution in [-0.2, 0) is 31.0 Å². The maximum atomic E-state index is 13.3. The number of amides is 1. The molecule has 3 rings (SSSR count). The molecular formula is C21H25NO7S2. The lowest BCUT2D eigenvalue weighted by atomic mass is 10.0. The molecule has 1 amide bonds. The SMILES string of the molecule is COc1ccc2c(c1CNC(=O)OC(C)(C)C)C(S(=O)(=O)c1ccccc1)CS2(=O)=O. The summed E-state index contributed by atoms with van der Waals surface area (Å²) in [5, 5.41) is 1.25. The highest BCUT2D eigenvalue weighted by molar-refractivity contribution is 7.96. The van der Waals surface area contributed by atoms with Crippen molar-refractivity contribution in [2.45, 2.75) is 48.0 Å². The molecule has 0 aliphatic carbocycles. The molecule has 1 heterocycles. The van der Waals surface area contributed by atoms with E-state index in [4.69, 9.17) is 9.47 Å². The third-order valence-electron chi connectivity index (χ3n) is 4.78. The summed E-state index contributed by atoms with van der Waals surface area (Å²) in [6.45, 7) is 4.98. The van der Waals surface area contributed by atoms with E-state index < -0.39 is 42.4 Å². The highest BCUT2D eigenvalue weighted by atomic mass is 32.2. The number of sulfone groups is 2. The fourth-order valence-electron chi connectivity index (χ4n) is 3.49. The molecule has 0 aromatic heterocycles. The summed E-state index contributed by atoms with van der Waals surface area (Å²) in [4.78, 5) is 12.1. The molecule has 8 nitrogen and oxygen atoms in total. The summed E-state index contributed by atoms with van der Waals surface area (Å²) in [5.74, 6) is -0.299. The van der Waals surface area contributed by atoms with Crippen molar-refractivity contribution in [2.24, 2.45) is 0 Å². The van der Waals surface area contributed by atoms with Crippen LogP contribution in [0.2, 0.25) is 0 Å². The molecule has 2 aromatic carbocycles. The topological polar surface area (TPSA) is 116 Å². The molecule has 0 fully saturated rings. The van der Waals surface area contributed by atoms with E-state index in [1.807, 2.05) is 0 Å². The standard InChI is InChI=1S/C21H25NO7S2/c1-21(2,3)29-20(23)22-12-15-16(28-4)10-11-17-19(15)18(13-30(17,24)25)31(26,27)14-8-6-5-7-9-14/h5-11,18H,12-13H2,1-4H3,(H,22,23). The van der Waals surface area contributed by atoms with Gasteiger partial charge in [0.05, 0.1) is 29.2 Å². The molecule has 2 aromatic rings. The number of hydrogen-bond donors (Lipinski definition) is 1. The lowest BCUT2D eigenvalue weighted by molar-refractivity contribution is 0.0523. The number of rotatable bonds is 5. The van der Waals surface area contributed by atoms with Gasteiger partial charge >= 0.3 is 6.09 Å². The van der Waals surface area contributed by atoms with E-state index in [-0.39, 0.29) is 33.2 Å². The van der Waals surface area contributed by atoms with Crippen LogP contribution in [-0.4, -0.2) is 41.4 Å². The molecule has 1 unspecified atom stereocenters. The molecule has 0 saturated heterocycles. The van der Waals surface area contributed by atoms with Crippen molar-refractivity contribution in [1.29, 1.82) is 0 Å². The molecule has 0 spiro atoms. The van der Waals surface area contributed by atoms with Crippen LogP contribution in [0, 0.1) is 0 Å². The summed E-state index contributed by atoms with van der Waals surface area (Å²) in [6.07, 6.45) is -0.713. The monoisotopic (exact) mass is 467 g/mol.